The van der Waals surface area contributed by atoms with Crippen molar-refractivity contribution in [2.45, 2.75) is 12.8 Å². The van der Waals surface area contributed by atoms with Crippen molar-refractivity contribution >= 4 is 17.7 Å². The number of hydrogen-bond acceptors (Lipinski definition) is 4. The molecule has 0 aliphatic heterocycles. The third kappa shape index (κ3) is 9.66. The fraction of sp³-hybridized carbons (Fsp3) is 0.875. The van der Waals surface area contributed by atoms with Crippen LogP contribution >= 0.6 is 11.8 Å². The van der Waals surface area contributed by atoms with Crippen LogP contribution in [0.3, 0.4) is 0 Å². The number of hydrogen-bond donors (Lipinski definition) is 3. The second kappa shape index (κ2) is 9.83. The van der Waals surface area contributed by atoms with Crippen molar-refractivity contribution in [2.75, 3.05) is 31.2 Å². The Balaban J connectivity index is 3.02. The topological polar surface area (TPSA) is 75.4 Å². The van der Waals surface area contributed by atoms with Gasteiger partial charge in [0.05, 0.1) is 0 Å². The largest absolute Gasteiger partial charge is 0.396 e. The summed E-state index contributed by atoms with van der Waals surface area (Å²) >= 11 is 1.73. The minimum absolute atomic E-state index is 0.0188. The maximum absolute atomic E-state index is 10.9. The lowest BCUT2D eigenvalue weighted by Gasteiger charge is -2.03. The van der Waals surface area contributed by atoms with Crippen molar-refractivity contribution in [3.63, 3.8) is 0 Å². The second-order valence-electron chi connectivity index (χ2n) is 2.58. The van der Waals surface area contributed by atoms with Crippen LogP contribution in [-0.2, 0) is 4.79 Å². The zero-order chi connectivity index (χ0) is 9.94. The number of aliphatic hydroxyl groups excluding tert-OH is 1. The standard InChI is InChI=1S/C8H18N2O2S/c9-3-2-8(12)10-4-7-13-6-1-5-11/h11H,1-7,9H2,(H,10,12). The highest BCUT2D eigenvalue weighted by atomic mass is 32.2. The van der Waals surface area contributed by atoms with E-state index >= 15 is 0 Å². The molecule has 0 spiro atoms. The first kappa shape index (κ1) is 12.7. The molecule has 0 atom stereocenters. The van der Waals surface area contributed by atoms with Gasteiger partial charge in [-0.25, -0.2) is 0 Å². The number of aliphatic hydroxyl groups is 1. The van der Waals surface area contributed by atoms with Gasteiger partial charge in [-0.05, 0) is 12.2 Å². The highest BCUT2D eigenvalue weighted by molar-refractivity contribution is 7.99. The lowest BCUT2D eigenvalue weighted by atomic mass is 10.4. The van der Waals surface area contributed by atoms with Crippen molar-refractivity contribution < 1.29 is 9.90 Å². The van der Waals surface area contributed by atoms with Gasteiger partial charge in [0.1, 0.15) is 0 Å². The Bertz CT molecular complexity index is 133. The summed E-state index contributed by atoms with van der Waals surface area (Å²) in [6, 6.07) is 0. The molecule has 0 fully saturated rings. The van der Waals surface area contributed by atoms with Crippen LogP contribution in [-0.4, -0.2) is 42.2 Å². The van der Waals surface area contributed by atoms with Gasteiger partial charge in [0, 0.05) is 31.9 Å². The molecular weight excluding hydrogens is 188 g/mol. The van der Waals surface area contributed by atoms with E-state index in [1.165, 1.54) is 0 Å². The van der Waals surface area contributed by atoms with Crippen molar-refractivity contribution in [1.82, 2.24) is 5.32 Å². The van der Waals surface area contributed by atoms with Crippen LogP contribution in [0.4, 0.5) is 0 Å². The van der Waals surface area contributed by atoms with Gasteiger partial charge in [0.2, 0.25) is 5.91 Å². The fourth-order valence-electron chi connectivity index (χ4n) is 0.751. The SMILES string of the molecule is NCCC(=O)NCCSCCCO. The van der Waals surface area contributed by atoms with Crippen molar-refractivity contribution in [3.05, 3.63) is 0 Å². The molecule has 4 N–H and O–H groups in total. The molecule has 0 aromatic heterocycles. The van der Waals surface area contributed by atoms with E-state index in [-0.39, 0.29) is 12.5 Å². The number of amides is 1. The van der Waals surface area contributed by atoms with Gasteiger partial charge < -0.3 is 16.2 Å². The van der Waals surface area contributed by atoms with Gasteiger partial charge in [-0.2, -0.15) is 11.8 Å². The first-order valence-electron chi connectivity index (χ1n) is 4.46. The van der Waals surface area contributed by atoms with Crippen LogP contribution in [0.5, 0.6) is 0 Å². The molecule has 0 saturated carbocycles. The molecule has 0 heterocycles. The molecule has 78 valence electrons. The van der Waals surface area contributed by atoms with E-state index in [0.717, 1.165) is 17.9 Å². The molecule has 0 rings (SSSR count). The molecule has 13 heavy (non-hydrogen) atoms. The molecule has 0 aliphatic carbocycles. The van der Waals surface area contributed by atoms with Crippen molar-refractivity contribution in [2.24, 2.45) is 5.73 Å². The number of nitrogens with two attached hydrogens (primary N) is 1. The summed E-state index contributed by atoms with van der Waals surface area (Å²) in [4.78, 5) is 10.9. The quantitative estimate of drug-likeness (QED) is 0.471. The molecule has 1 amide bonds. The van der Waals surface area contributed by atoms with Gasteiger partial charge in [-0.15, -0.1) is 0 Å². The van der Waals surface area contributed by atoms with Gasteiger partial charge in [0.25, 0.3) is 0 Å². The number of nitrogens with one attached hydrogen (secondary N) is 1. The molecule has 4 nitrogen and oxygen atoms in total. The number of thioether (sulfide) groups is 1. The normalized spacial score (nSPS) is 10.0. The first-order chi connectivity index (χ1) is 6.31. The molecular formula is C8H18N2O2S. The summed E-state index contributed by atoms with van der Waals surface area (Å²) in [6.07, 6.45) is 1.22. The Morgan fingerprint density at radius 1 is 1.46 bits per heavy atom. The predicted octanol–water partition coefficient (Wildman–Crippen LogP) is -0.433. The molecule has 0 radical (unpaired) electrons. The smallest absolute Gasteiger partial charge is 0.221 e. The van der Waals surface area contributed by atoms with E-state index in [1.54, 1.807) is 11.8 Å². The van der Waals surface area contributed by atoms with Crippen LogP contribution in [0.1, 0.15) is 12.8 Å². The van der Waals surface area contributed by atoms with E-state index in [9.17, 15) is 4.79 Å². The highest BCUT2D eigenvalue weighted by Gasteiger charge is 1.97. The molecule has 0 bridgehead atoms. The van der Waals surface area contributed by atoms with E-state index in [4.69, 9.17) is 10.8 Å². The first-order valence-corrected chi connectivity index (χ1v) is 5.62. The van der Waals surface area contributed by atoms with Gasteiger partial charge in [0.15, 0.2) is 0 Å². The number of carbonyl (C=O) groups excluding carboxylic acids is 1. The second-order valence-corrected chi connectivity index (χ2v) is 3.80. The summed E-state index contributed by atoms with van der Waals surface area (Å²) in [5.41, 5.74) is 5.21. The number of carbonyl (C=O) groups is 1. The molecule has 0 aromatic rings. The highest BCUT2D eigenvalue weighted by Crippen LogP contribution is 1.99. The average Bonchev–Trinajstić information content (AvgIpc) is 2.11. The minimum atomic E-state index is 0.0188. The van der Waals surface area contributed by atoms with E-state index in [1.807, 2.05) is 0 Å². The van der Waals surface area contributed by atoms with Crippen LogP contribution in [0.2, 0.25) is 0 Å². The van der Waals surface area contributed by atoms with Crippen molar-refractivity contribution in [3.8, 4) is 0 Å². The summed E-state index contributed by atoms with van der Waals surface area (Å²) in [6.45, 7) is 1.34. The Kier molecular flexibility index (Phi) is 9.63. The van der Waals surface area contributed by atoms with Crippen molar-refractivity contribution in [1.29, 1.82) is 0 Å². The lowest BCUT2D eigenvalue weighted by molar-refractivity contribution is -0.120. The van der Waals surface area contributed by atoms with Gasteiger partial charge in [-0.3, -0.25) is 4.79 Å². The molecule has 0 saturated heterocycles. The van der Waals surface area contributed by atoms with E-state index in [0.29, 0.717) is 19.5 Å². The summed E-state index contributed by atoms with van der Waals surface area (Å²) in [5, 5.41) is 11.2. The van der Waals surface area contributed by atoms with Crippen LogP contribution in [0.25, 0.3) is 0 Å². The predicted molar refractivity (Wildman–Crippen MR) is 55.7 cm³/mol. The Morgan fingerprint density at radius 3 is 2.85 bits per heavy atom. The average molecular weight is 206 g/mol. The van der Waals surface area contributed by atoms with E-state index in [2.05, 4.69) is 5.32 Å². The third-order valence-electron chi connectivity index (χ3n) is 1.39. The maximum Gasteiger partial charge on any atom is 0.221 e. The van der Waals surface area contributed by atoms with Crippen LogP contribution in [0.15, 0.2) is 0 Å². The summed E-state index contributed by atoms with van der Waals surface area (Å²) in [5.74, 6) is 1.87. The zero-order valence-electron chi connectivity index (χ0n) is 7.79. The molecule has 0 aromatic carbocycles. The lowest BCUT2D eigenvalue weighted by Crippen LogP contribution is -2.27. The minimum Gasteiger partial charge on any atom is -0.396 e. The van der Waals surface area contributed by atoms with Gasteiger partial charge >= 0.3 is 0 Å². The van der Waals surface area contributed by atoms with E-state index < -0.39 is 0 Å². The van der Waals surface area contributed by atoms with Gasteiger partial charge in [-0.1, -0.05) is 0 Å². The fourth-order valence-corrected chi connectivity index (χ4v) is 1.53. The third-order valence-corrected chi connectivity index (χ3v) is 2.46. The zero-order valence-corrected chi connectivity index (χ0v) is 8.61. The summed E-state index contributed by atoms with van der Waals surface area (Å²) in [7, 11) is 0. The monoisotopic (exact) mass is 206 g/mol. The Hall–Kier alpha value is -0.260. The number of rotatable bonds is 8. The molecule has 5 heteroatoms. The Morgan fingerprint density at radius 2 is 2.23 bits per heavy atom. The summed E-state index contributed by atoms with van der Waals surface area (Å²) < 4.78 is 0. The Labute approximate surface area is 83.3 Å². The molecule has 0 unspecified atom stereocenters. The van der Waals surface area contributed by atoms with Crippen LogP contribution < -0.4 is 11.1 Å². The van der Waals surface area contributed by atoms with Crippen LogP contribution in [0, 0.1) is 0 Å². The molecule has 0 aliphatic rings. The maximum atomic E-state index is 10.9.